The van der Waals surface area contributed by atoms with Gasteiger partial charge in [0, 0.05) is 11.4 Å². The van der Waals surface area contributed by atoms with Gasteiger partial charge >= 0.3 is 5.97 Å². The van der Waals surface area contributed by atoms with Gasteiger partial charge in [0.15, 0.2) is 0 Å². The Kier molecular flexibility index (Phi) is 5.84. The van der Waals surface area contributed by atoms with E-state index in [0.29, 0.717) is 5.02 Å². The summed E-state index contributed by atoms with van der Waals surface area (Å²) in [7, 11) is 0. The fraction of sp³-hybridized carbons (Fsp3) is 0.462. The number of carbonyl (C=O) groups is 1. The van der Waals surface area contributed by atoms with Gasteiger partial charge in [0.1, 0.15) is 5.75 Å². The zero-order valence-electron chi connectivity index (χ0n) is 9.66. The van der Waals surface area contributed by atoms with Crippen molar-refractivity contribution in [3.05, 3.63) is 28.8 Å². The summed E-state index contributed by atoms with van der Waals surface area (Å²) in [5.74, 6) is -0.497. The van der Waals surface area contributed by atoms with Crippen LogP contribution >= 0.6 is 11.6 Å². The molecule has 1 aromatic carbocycles. The predicted octanol–water partition coefficient (Wildman–Crippen LogP) is 3.62. The van der Waals surface area contributed by atoms with Gasteiger partial charge in [0.05, 0.1) is 0 Å². The van der Waals surface area contributed by atoms with Crippen LogP contribution in [0.15, 0.2) is 18.2 Å². The largest absolute Gasteiger partial charge is 0.508 e. The summed E-state index contributed by atoms with van der Waals surface area (Å²) < 4.78 is 0. The molecule has 0 amide bonds. The van der Waals surface area contributed by atoms with Gasteiger partial charge in [-0.15, -0.1) is 0 Å². The van der Waals surface area contributed by atoms with Crippen LogP contribution in [-0.4, -0.2) is 16.2 Å². The highest BCUT2D eigenvalue weighted by atomic mass is 35.5. The van der Waals surface area contributed by atoms with Crippen molar-refractivity contribution in [2.24, 2.45) is 0 Å². The lowest BCUT2D eigenvalue weighted by Gasteiger charge is -2.04. The highest BCUT2D eigenvalue weighted by Crippen LogP contribution is 2.23. The second-order valence-corrected chi connectivity index (χ2v) is 4.52. The Bertz CT molecular complexity index is 377. The molecule has 0 spiro atoms. The fourth-order valence-corrected chi connectivity index (χ4v) is 1.86. The highest BCUT2D eigenvalue weighted by Gasteiger charge is 2.02. The first-order chi connectivity index (χ1) is 8.09. The Hall–Kier alpha value is -1.22. The Morgan fingerprint density at radius 3 is 2.53 bits per heavy atom. The first kappa shape index (κ1) is 13.8. The molecule has 94 valence electrons. The normalized spacial score (nSPS) is 10.4. The maximum absolute atomic E-state index is 10.3. The number of phenolic OH excluding ortho intramolecular Hbond substituents is 1. The van der Waals surface area contributed by atoms with Gasteiger partial charge in [-0.2, -0.15) is 0 Å². The first-order valence-electron chi connectivity index (χ1n) is 5.79. The molecule has 0 aliphatic rings. The van der Waals surface area contributed by atoms with E-state index in [1.54, 1.807) is 12.1 Å². The summed E-state index contributed by atoms with van der Waals surface area (Å²) in [6.07, 6.45) is 4.62. The maximum Gasteiger partial charge on any atom is 0.303 e. The Morgan fingerprint density at radius 1 is 1.18 bits per heavy atom. The molecule has 0 atom stereocenters. The van der Waals surface area contributed by atoms with Crippen LogP contribution in [0.4, 0.5) is 0 Å². The molecule has 0 saturated carbocycles. The Balaban J connectivity index is 2.20. The van der Waals surface area contributed by atoms with E-state index in [9.17, 15) is 9.90 Å². The molecular weight excluding hydrogens is 240 g/mol. The molecular formula is C13H17ClO3. The zero-order valence-corrected chi connectivity index (χ0v) is 10.4. The molecule has 0 aliphatic heterocycles. The molecule has 1 rings (SSSR count). The number of carboxylic acid groups (broad SMARTS) is 1. The summed E-state index contributed by atoms with van der Waals surface area (Å²) >= 11 is 5.73. The van der Waals surface area contributed by atoms with Crippen LogP contribution in [0.2, 0.25) is 5.02 Å². The third-order valence-corrected chi connectivity index (χ3v) is 2.87. The van der Waals surface area contributed by atoms with Crippen LogP contribution in [-0.2, 0) is 11.2 Å². The average Bonchev–Trinajstić information content (AvgIpc) is 2.25. The van der Waals surface area contributed by atoms with Crippen molar-refractivity contribution in [1.82, 2.24) is 0 Å². The van der Waals surface area contributed by atoms with E-state index in [-0.39, 0.29) is 12.2 Å². The van der Waals surface area contributed by atoms with Crippen LogP contribution in [0, 0.1) is 0 Å². The number of hydrogen-bond donors (Lipinski definition) is 2. The molecule has 0 saturated heterocycles. The standard InChI is InChI=1S/C13H17ClO3/c14-11-8-7-10(12(15)9-11)5-3-1-2-4-6-13(16)17/h7-9,15H,1-6H2,(H,16,17). The minimum Gasteiger partial charge on any atom is -0.508 e. The fourth-order valence-electron chi connectivity index (χ4n) is 1.69. The molecule has 17 heavy (non-hydrogen) atoms. The molecule has 0 unspecified atom stereocenters. The van der Waals surface area contributed by atoms with E-state index < -0.39 is 5.97 Å². The van der Waals surface area contributed by atoms with Gasteiger partial charge in [0.25, 0.3) is 0 Å². The Labute approximate surface area is 106 Å². The highest BCUT2D eigenvalue weighted by molar-refractivity contribution is 6.30. The number of hydrogen-bond acceptors (Lipinski definition) is 2. The monoisotopic (exact) mass is 256 g/mol. The van der Waals surface area contributed by atoms with Gasteiger partial charge in [-0.25, -0.2) is 0 Å². The summed E-state index contributed by atoms with van der Waals surface area (Å²) in [6, 6.07) is 5.14. The van der Waals surface area contributed by atoms with E-state index in [0.717, 1.165) is 37.7 Å². The van der Waals surface area contributed by atoms with Crippen molar-refractivity contribution in [3.63, 3.8) is 0 Å². The number of aliphatic carboxylic acids is 1. The molecule has 0 heterocycles. The molecule has 0 aliphatic carbocycles. The van der Waals surface area contributed by atoms with Gasteiger partial charge in [0.2, 0.25) is 0 Å². The summed E-state index contributed by atoms with van der Waals surface area (Å²) in [6.45, 7) is 0. The number of rotatable bonds is 7. The lowest BCUT2D eigenvalue weighted by Crippen LogP contribution is -1.94. The van der Waals surface area contributed by atoms with Crippen LogP contribution in [0.25, 0.3) is 0 Å². The average molecular weight is 257 g/mol. The summed E-state index contributed by atoms with van der Waals surface area (Å²) in [5.41, 5.74) is 0.896. The smallest absolute Gasteiger partial charge is 0.303 e. The second kappa shape index (κ2) is 7.17. The van der Waals surface area contributed by atoms with Crippen LogP contribution in [0.1, 0.15) is 37.7 Å². The Morgan fingerprint density at radius 2 is 1.88 bits per heavy atom. The maximum atomic E-state index is 10.3. The second-order valence-electron chi connectivity index (χ2n) is 4.08. The molecule has 0 fully saturated rings. The van der Waals surface area contributed by atoms with Crippen LogP contribution in [0.3, 0.4) is 0 Å². The number of phenols is 1. The van der Waals surface area contributed by atoms with E-state index in [2.05, 4.69) is 0 Å². The van der Waals surface area contributed by atoms with Gasteiger partial charge in [-0.1, -0.05) is 30.5 Å². The van der Waals surface area contributed by atoms with Gasteiger partial charge in [-0.05, 0) is 37.0 Å². The SMILES string of the molecule is O=C(O)CCCCCCc1ccc(Cl)cc1O. The quantitative estimate of drug-likeness (QED) is 0.733. The number of aromatic hydroxyl groups is 1. The number of halogens is 1. The van der Waals surface area contributed by atoms with Crippen molar-refractivity contribution in [2.75, 3.05) is 0 Å². The van der Waals surface area contributed by atoms with Gasteiger partial charge < -0.3 is 10.2 Å². The minimum atomic E-state index is -0.736. The van der Waals surface area contributed by atoms with Crippen molar-refractivity contribution in [2.45, 2.75) is 38.5 Å². The predicted molar refractivity (Wildman–Crippen MR) is 67.5 cm³/mol. The number of carboxylic acids is 1. The molecule has 4 heteroatoms. The van der Waals surface area contributed by atoms with E-state index in [4.69, 9.17) is 16.7 Å². The molecule has 1 aromatic rings. The number of unbranched alkanes of at least 4 members (excludes halogenated alkanes) is 3. The molecule has 0 aromatic heterocycles. The molecule has 0 bridgehead atoms. The molecule has 2 N–H and O–H groups in total. The van der Waals surface area contributed by atoms with Crippen molar-refractivity contribution >= 4 is 17.6 Å². The topological polar surface area (TPSA) is 57.5 Å². The molecule has 0 radical (unpaired) electrons. The lowest BCUT2D eigenvalue weighted by molar-refractivity contribution is -0.137. The van der Waals surface area contributed by atoms with E-state index >= 15 is 0 Å². The van der Waals surface area contributed by atoms with Crippen molar-refractivity contribution in [1.29, 1.82) is 0 Å². The lowest BCUT2D eigenvalue weighted by atomic mass is 10.0. The first-order valence-corrected chi connectivity index (χ1v) is 6.16. The minimum absolute atomic E-state index is 0.239. The zero-order chi connectivity index (χ0) is 12.7. The third-order valence-electron chi connectivity index (χ3n) is 2.63. The number of benzene rings is 1. The van der Waals surface area contributed by atoms with Crippen molar-refractivity contribution < 1.29 is 15.0 Å². The summed E-state index contributed by atoms with van der Waals surface area (Å²) in [5, 5.41) is 18.6. The third kappa shape index (κ3) is 5.59. The van der Waals surface area contributed by atoms with Gasteiger partial charge in [-0.3, -0.25) is 4.79 Å². The van der Waals surface area contributed by atoms with E-state index in [1.165, 1.54) is 0 Å². The van der Waals surface area contributed by atoms with Crippen LogP contribution < -0.4 is 0 Å². The summed E-state index contributed by atoms with van der Waals surface area (Å²) in [4.78, 5) is 10.3. The molecule has 3 nitrogen and oxygen atoms in total. The number of aryl methyl sites for hydroxylation is 1. The van der Waals surface area contributed by atoms with Crippen LogP contribution in [0.5, 0.6) is 5.75 Å². The van der Waals surface area contributed by atoms with E-state index in [1.807, 2.05) is 6.07 Å². The van der Waals surface area contributed by atoms with Crippen molar-refractivity contribution in [3.8, 4) is 5.75 Å².